The lowest BCUT2D eigenvalue weighted by atomic mass is 10.1. The Morgan fingerprint density at radius 2 is 1.76 bits per heavy atom. The minimum absolute atomic E-state index is 0.0426. The number of benzene rings is 3. The fourth-order valence-electron chi connectivity index (χ4n) is 3.71. The van der Waals surface area contributed by atoms with Gasteiger partial charge in [0, 0.05) is 12.1 Å². The monoisotopic (exact) mass is 476 g/mol. The first kappa shape index (κ1) is 21.8. The van der Waals surface area contributed by atoms with Gasteiger partial charge in [0.1, 0.15) is 17.5 Å². The van der Waals surface area contributed by atoms with Gasteiger partial charge in [0.05, 0.1) is 21.8 Å². The molecule has 0 aliphatic rings. The summed E-state index contributed by atoms with van der Waals surface area (Å²) in [4.78, 5) is 9.17. The molecule has 3 N–H and O–H groups in total. The summed E-state index contributed by atoms with van der Waals surface area (Å²) in [5, 5.41) is 8.14. The second kappa shape index (κ2) is 9.07. The van der Waals surface area contributed by atoms with Gasteiger partial charge in [-0.15, -0.1) is 5.10 Å². The van der Waals surface area contributed by atoms with Crippen LogP contribution >= 0.6 is 11.6 Å². The molecule has 3 aromatic carbocycles. The molecule has 0 bridgehead atoms. The van der Waals surface area contributed by atoms with Gasteiger partial charge in [-0.1, -0.05) is 48.0 Å². The van der Waals surface area contributed by atoms with Crippen LogP contribution in [-0.2, 0) is 6.42 Å². The van der Waals surface area contributed by atoms with Gasteiger partial charge in [0.25, 0.3) is 0 Å². The molecule has 34 heavy (non-hydrogen) atoms. The Morgan fingerprint density at radius 1 is 0.941 bits per heavy atom. The molecule has 0 fully saturated rings. The minimum atomic E-state index is -0.541. The van der Waals surface area contributed by atoms with Crippen molar-refractivity contribution in [2.75, 3.05) is 17.6 Å². The van der Waals surface area contributed by atoms with Gasteiger partial charge < -0.3 is 11.1 Å². The largest absolute Gasteiger partial charge is 0.383 e. The van der Waals surface area contributed by atoms with E-state index < -0.39 is 11.6 Å². The molecule has 5 aromatic rings. The van der Waals surface area contributed by atoms with Crippen molar-refractivity contribution in [3.63, 3.8) is 0 Å². The molecule has 0 aliphatic heterocycles. The average molecular weight is 477 g/mol. The zero-order valence-corrected chi connectivity index (χ0v) is 18.6. The van der Waals surface area contributed by atoms with E-state index in [9.17, 15) is 8.78 Å². The van der Waals surface area contributed by atoms with E-state index in [1.165, 1.54) is 34.5 Å². The molecule has 0 saturated heterocycles. The maximum atomic E-state index is 13.8. The molecule has 0 atom stereocenters. The topological polar surface area (TPSA) is 81.7 Å². The Balaban J connectivity index is 1.60. The fourth-order valence-corrected chi connectivity index (χ4v) is 3.89. The van der Waals surface area contributed by atoms with E-state index in [2.05, 4.69) is 20.4 Å². The zero-order chi connectivity index (χ0) is 23.7. The van der Waals surface area contributed by atoms with Gasteiger partial charge in [0.15, 0.2) is 5.65 Å². The molecule has 9 heteroatoms. The van der Waals surface area contributed by atoms with Crippen molar-refractivity contribution in [3.8, 4) is 16.9 Å². The first-order valence-electron chi connectivity index (χ1n) is 10.5. The molecular weight excluding hydrogens is 458 g/mol. The number of fused-ring (bicyclic) bond motifs is 1. The predicted molar refractivity (Wildman–Crippen MR) is 130 cm³/mol. The van der Waals surface area contributed by atoms with Crippen LogP contribution in [0.4, 0.5) is 20.5 Å². The van der Waals surface area contributed by atoms with Gasteiger partial charge in [0.2, 0.25) is 5.95 Å². The molecule has 0 spiro atoms. The van der Waals surface area contributed by atoms with Crippen LogP contribution in [0.3, 0.4) is 0 Å². The van der Waals surface area contributed by atoms with Crippen molar-refractivity contribution in [2.24, 2.45) is 0 Å². The van der Waals surface area contributed by atoms with E-state index in [0.717, 1.165) is 6.42 Å². The molecule has 0 amide bonds. The number of anilines is 2. The average Bonchev–Trinajstić information content (AvgIpc) is 3.17. The van der Waals surface area contributed by atoms with Crippen LogP contribution in [-0.4, -0.2) is 26.3 Å². The summed E-state index contributed by atoms with van der Waals surface area (Å²) in [7, 11) is 0. The van der Waals surface area contributed by atoms with Crippen molar-refractivity contribution in [2.45, 2.75) is 6.42 Å². The normalized spacial score (nSPS) is 11.1. The standard InChI is InChI=1S/C25H19ClF2N6/c26-19-13-16(9-10-20(19)28)22-21-23(29)34(18-8-4-7-17(27)14-18)33-24(21)32-25(31-22)30-12-11-15-5-2-1-3-6-15/h1-10,13-14H,11-12,29H2,(H,30,32,33). The highest BCUT2D eigenvalue weighted by Gasteiger charge is 2.20. The van der Waals surface area contributed by atoms with Crippen molar-refractivity contribution in [1.29, 1.82) is 0 Å². The molecule has 2 heterocycles. The van der Waals surface area contributed by atoms with Crippen LogP contribution in [0.1, 0.15) is 5.56 Å². The smallest absolute Gasteiger partial charge is 0.225 e. The second-order valence-corrected chi connectivity index (χ2v) is 8.07. The number of rotatable bonds is 6. The summed E-state index contributed by atoms with van der Waals surface area (Å²) in [6.07, 6.45) is 0.764. The SMILES string of the molecule is Nc1c2c(-c3ccc(F)c(Cl)c3)nc(NCCc3ccccc3)nc2nn1-c1cccc(F)c1. The lowest BCUT2D eigenvalue weighted by Gasteiger charge is -2.09. The Labute approximate surface area is 199 Å². The first-order chi connectivity index (χ1) is 16.5. The summed E-state index contributed by atoms with van der Waals surface area (Å²) in [6.45, 7) is 0.583. The number of hydrogen-bond acceptors (Lipinski definition) is 5. The van der Waals surface area contributed by atoms with Crippen LogP contribution in [0, 0.1) is 11.6 Å². The number of hydrogen-bond donors (Lipinski definition) is 2. The molecule has 2 aromatic heterocycles. The van der Waals surface area contributed by atoms with E-state index in [-0.39, 0.29) is 10.8 Å². The van der Waals surface area contributed by atoms with Crippen molar-refractivity contribution in [1.82, 2.24) is 19.7 Å². The zero-order valence-electron chi connectivity index (χ0n) is 17.8. The third-order valence-corrected chi connectivity index (χ3v) is 5.64. The maximum absolute atomic E-state index is 13.8. The van der Waals surface area contributed by atoms with Gasteiger partial charge in [-0.05, 0) is 48.4 Å². The minimum Gasteiger partial charge on any atom is -0.383 e. The van der Waals surface area contributed by atoms with E-state index in [1.807, 2.05) is 30.3 Å². The number of halogens is 3. The first-order valence-corrected chi connectivity index (χ1v) is 10.9. The molecule has 5 rings (SSSR count). The lowest BCUT2D eigenvalue weighted by molar-refractivity contribution is 0.625. The molecular formula is C25H19ClF2N6. The van der Waals surface area contributed by atoms with Crippen LogP contribution in [0.2, 0.25) is 5.02 Å². The number of nitrogens with zero attached hydrogens (tertiary/aromatic N) is 4. The highest BCUT2D eigenvalue weighted by Crippen LogP contribution is 2.34. The second-order valence-electron chi connectivity index (χ2n) is 7.66. The third kappa shape index (κ3) is 4.27. The number of nitrogens with one attached hydrogen (secondary N) is 1. The van der Waals surface area contributed by atoms with Crippen molar-refractivity contribution >= 4 is 34.4 Å². The summed E-state index contributed by atoms with van der Waals surface area (Å²) in [6, 6.07) is 20.2. The van der Waals surface area contributed by atoms with Crippen molar-refractivity contribution in [3.05, 3.63) is 95.0 Å². The summed E-state index contributed by atoms with van der Waals surface area (Å²) in [5.41, 5.74) is 9.34. The Bertz CT molecular complexity index is 1490. The van der Waals surface area contributed by atoms with Gasteiger partial charge >= 0.3 is 0 Å². The molecule has 170 valence electrons. The van der Waals surface area contributed by atoms with Gasteiger partial charge in [-0.25, -0.2) is 18.4 Å². The highest BCUT2D eigenvalue weighted by atomic mass is 35.5. The molecule has 6 nitrogen and oxygen atoms in total. The maximum Gasteiger partial charge on any atom is 0.225 e. The van der Waals surface area contributed by atoms with Gasteiger partial charge in [-0.2, -0.15) is 4.98 Å². The molecule has 0 saturated carbocycles. The number of aromatic nitrogens is 4. The van der Waals surface area contributed by atoms with Crippen LogP contribution in [0.5, 0.6) is 0 Å². The van der Waals surface area contributed by atoms with E-state index in [0.29, 0.717) is 40.5 Å². The summed E-state index contributed by atoms with van der Waals surface area (Å²) < 4.78 is 29.1. The Morgan fingerprint density at radius 3 is 2.53 bits per heavy atom. The molecule has 0 aliphatic carbocycles. The Kier molecular flexibility index (Phi) is 5.81. The quantitative estimate of drug-likeness (QED) is 0.331. The van der Waals surface area contributed by atoms with Gasteiger partial charge in [-0.3, -0.25) is 0 Å². The fraction of sp³-hybridized carbons (Fsp3) is 0.0800. The van der Waals surface area contributed by atoms with E-state index in [4.69, 9.17) is 17.3 Å². The highest BCUT2D eigenvalue weighted by molar-refractivity contribution is 6.31. The lowest BCUT2D eigenvalue weighted by Crippen LogP contribution is -2.08. The van der Waals surface area contributed by atoms with E-state index >= 15 is 0 Å². The summed E-state index contributed by atoms with van der Waals surface area (Å²) >= 11 is 6.04. The molecule has 0 radical (unpaired) electrons. The predicted octanol–water partition coefficient (Wildman–Crippen LogP) is 5.65. The van der Waals surface area contributed by atoms with Crippen LogP contribution in [0.15, 0.2) is 72.8 Å². The van der Waals surface area contributed by atoms with Crippen LogP contribution in [0.25, 0.3) is 28.0 Å². The van der Waals surface area contributed by atoms with E-state index in [1.54, 1.807) is 18.2 Å². The Hall–Kier alpha value is -4.04. The van der Waals surface area contributed by atoms with Crippen molar-refractivity contribution < 1.29 is 8.78 Å². The molecule has 0 unspecified atom stereocenters. The number of nitrogen functional groups attached to an aromatic ring is 1. The summed E-state index contributed by atoms with van der Waals surface area (Å²) in [5.74, 6) is -0.397. The number of nitrogens with two attached hydrogens (primary N) is 1. The van der Waals surface area contributed by atoms with Crippen LogP contribution < -0.4 is 11.1 Å². The third-order valence-electron chi connectivity index (χ3n) is 5.35.